The topological polar surface area (TPSA) is 53.1 Å². The molecule has 1 aromatic heterocycles. The third-order valence-electron chi connectivity index (χ3n) is 3.32. The van der Waals surface area contributed by atoms with Crippen molar-refractivity contribution < 1.29 is 4.74 Å². The predicted molar refractivity (Wildman–Crippen MR) is 84.0 cm³/mol. The maximum absolute atomic E-state index is 6.32. The number of aryl methyl sites for hydroxylation is 2. The average Bonchev–Trinajstić information content (AvgIpc) is 2.78. The summed E-state index contributed by atoms with van der Waals surface area (Å²) in [7, 11) is 1.66. The van der Waals surface area contributed by atoms with Crippen molar-refractivity contribution in [1.29, 1.82) is 0 Å². The van der Waals surface area contributed by atoms with Crippen LogP contribution in [0.5, 0.6) is 5.75 Å². The number of aromatic nitrogens is 2. The zero-order valence-corrected chi connectivity index (χ0v) is 13.6. The molecule has 0 aliphatic rings. The quantitative estimate of drug-likeness (QED) is 0.911. The molecular weight excluding hydrogens is 318 g/mol. The highest BCUT2D eigenvalue weighted by Crippen LogP contribution is 2.28. The Morgan fingerprint density at radius 3 is 2.75 bits per heavy atom. The Morgan fingerprint density at radius 2 is 2.15 bits per heavy atom. The van der Waals surface area contributed by atoms with E-state index in [1.165, 1.54) is 5.69 Å². The fourth-order valence-electron chi connectivity index (χ4n) is 2.29. The summed E-state index contributed by atoms with van der Waals surface area (Å²) >= 11 is 3.50. The van der Waals surface area contributed by atoms with Crippen LogP contribution in [0.15, 0.2) is 28.7 Å². The highest BCUT2D eigenvalue weighted by Gasteiger charge is 2.13. The molecule has 0 saturated heterocycles. The lowest BCUT2D eigenvalue weighted by Crippen LogP contribution is -2.16. The van der Waals surface area contributed by atoms with Gasteiger partial charge in [-0.2, -0.15) is 5.10 Å². The van der Waals surface area contributed by atoms with Crippen molar-refractivity contribution in [3.8, 4) is 5.75 Å². The van der Waals surface area contributed by atoms with Crippen molar-refractivity contribution in [2.45, 2.75) is 32.9 Å². The van der Waals surface area contributed by atoms with Gasteiger partial charge in [-0.15, -0.1) is 0 Å². The van der Waals surface area contributed by atoms with E-state index in [1.54, 1.807) is 7.11 Å². The molecule has 4 nitrogen and oxygen atoms in total. The van der Waals surface area contributed by atoms with E-state index in [2.05, 4.69) is 34.0 Å². The SMILES string of the molecule is CCn1nc(C)cc1CC(N)c1ccc(OC)c(Br)c1. The zero-order chi connectivity index (χ0) is 14.7. The van der Waals surface area contributed by atoms with E-state index in [0.717, 1.165) is 34.4 Å². The molecule has 2 N–H and O–H groups in total. The predicted octanol–water partition coefficient (Wildman–Crippen LogP) is 3.23. The molecule has 5 heteroatoms. The fourth-order valence-corrected chi connectivity index (χ4v) is 2.85. The van der Waals surface area contributed by atoms with Crippen LogP contribution in [0.4, 0.5) is 0 Å². The molecule has 2 rings (SSSR count). The van der Waals surface area contributed by atoms with E-state index in [-0.39, 0.29) is 6.04 Å². The zero-order valence-electron chi connectivity index (χ0n) is 12.1. The molecule has 2 aromatic rings. The van der Waals surface area contributed by atoms with Crippen molar-refractivity contribution in [2.75, 3.05) is 7.11 Å². The molecular formula is C15H20BrN3O. The van der Waals surface area contributed by atoms with Crippen molar-refractivity contribution in [3.63, 3.8) is 0 Å². The van der Waals surface area contributed by atoms with Crippen LogP contribution in [0.1, 0.15) is 29.9 Å². The van der Waals surface area contributed by atoms with Gasteiger partial charge in [0, 0.05) is 24.7 Å². The maximum atomic E-state index is 6.32. The van der Waals surface area contributed by atoms with Gasteiger partial charge in [-0.25, -0.2) is 0 Å². The van der Waals surface area contributed by atoms with Crippen LogP contribution in [0, 0.1) is 6.92 Å². The molecule has 0 saturated carbocycles. The van der Waals surface area contributed by atoms with E-state index in [9.17, 15) is 0 Å². The lowest BCUT2D eigenvalue weighted by atomic mass is 10.0. The van der Waals surface area contributed by atoms with E-state index in [4.69, 9.17) is 10.5 Å². The number of nitrogens with zero attached hydrogens (tertiary/aromatic N) is 2. The van der Waals surface area contributed by atoms with Gasteiger partial charge in [-0.3, -0.25) is 4.68 Å². The van der Waals surface area contributed by atoms with Crippen LogP contribution in [-0.4, -0.2) is 16.9 Å². The smallest absolute Gasteiger partial charge is 0.133 e. The molecule has 20 heavy (non-hydrogen) atoms. The Morgan fingerprint density at radius 1 is 1.40 bits per heavy atom. The normalized spacial score (nSPS) is 12.4. The number of nitrogens with two attached hydrogens (primary N) is 1. The lowest BCUT2D eigenvalue weighted by Gasteiger charge is -2.14. The fraction of sp³-hybridized carbons (Fsp3) is 0.400. The first-order chi connectivity index (χ1) is 9.55. The van der Waals surface area contributed by atoms with Crippen LogP contribution in [0.3, 0.4) is 0 Å². The molecule has 0 aliphatic carbocycles. The summed E-state index contributed by atoms with van der Waals surface area (Å²) in [5.74, 6) is 0.815. The molecule has 1 aromatic carbocycles. The minimum absolute atomic E-state index is 0.0568. The first kappa shape index (κ1) is 15.1. The standard InChI is InChI=1S/C15H20BrN3O/c1-4-19-12(7-10(2)18-19)9-14(17)11-5-6-15(20-3)13(16)8-11/h5-8,14H,4,9,17H2,1-3H3. The number of halogens is 1. The highest BCUT2D eigenvalue weighted by molar-refractivity contribution is 9.10. The van der Waals surface area contributed by atoms with Gasteiger partial charge in [-0.1, -0.05) is 6.07 Å². The Hall–Kier alpha value is -1.33. The van der Waals surface area contributed by atoms with Gasteiger partial charge in [0.25, 0.3) is 0 Å². The molecule has 1 atom stereocenters. The minimum atomic E-state index is -0.0568. The Balaban J connectivity index is 2.19. The molecule has 0 radical (unpaired) electrons. The average molecular weight is 338 g/mol. The molecule has 108 valence electrons. The van der Waals surface area contributed by atoms with Crippen LogP contribution in [0.2, 0.25) is 0 Å². The van der Waals surface area contributed by atoms with Gasteiger partial charge in [0.2, 0.25) is 0 Å². The Labute approximate surface area is 128 Å². The summed E-state index contributed by atoms with van der Waals surface area (Å²) < 4.78 is 8.17. The number of hydrogen-bond donors (Lipinski definition) is 1. The summed E-state index contributed by atoms with van der Waals surface area (Å²) in [5.41, 5.74) is 9.60. The summed E-state index contributed by atoms with van der Waals surface area (Å²) in [6, 6.07) is 8.00. The van der Waals surface area contributed by atoms with Crippen LogP contribution < -0.4 is 10.5 Å². The molecule has 1 heterocycles. The van der Waals surface area contributed by atoms with Crippen molar-refractivity contribution in [3.05, 3.63) is 45.7 Å². The number of benzene rings is 1. The van der Waals surface area contributed by atoms with E-state index in [1.807, 2.05) is 29.8 Å². The van der Waals surface area contributed by atoms with Crippen molar-refractivity contribution >= 4 is 15.9 Å². The van der Waals surface area contributed by atoms with Gasteiger partial charge in [0.15, 0.2) is 0 Å². The van der Waals surface area contributed by atoms with Gasteiger partial charge in [0.1, 0.15) is 5.75 Å². The van der Waals surface area contributed by atoms with E-state index >= 15 is 0 Å². The summed E-state index contributed by atoms with van der Waals surface area (Å²) in [5, 5.41) is 4.45. The number of rotatable bonds is 5. The minimum Gasteiger partial charge on any atom is -0.496 e. The maximum Gasteiger partial charge on any atom is 0.133 e. The summed E-state index contributed by atoms with van der Waals surface area (Å²) in [6.07, 6.45) is 0.771. The monoisotopic (exact) mass is 337 g/mol. The second kappa shape index (κ2) is 6.41. The number of hydrogen-bond acceptors (Lipinski definition) is 3. The molecule has 0 bridgehead atoms. The van der Waals surface area contributed by atoms with Gasteiger partial charge in [-0.05, 0) is 53.5 Å². The van der Waals surface area contributed by atoms with Crippen LogP contribution in [-0.2, 0) is 13.0 Å². The van der Waals surface area contributed by atoms with Crippen LogP contribution in [0.25, 0.3) is 0 Å². The van der Waals surface area contributed by atoms with Gasteiger partial charge < -0.3 is 10.5 Å². The molecule has 0 fully saturated rings. The van der Waals surface area contributed by atoms with Crippen molar-refractivity contribution in [1.82, 2.24) is 9.78 Å². The number of ether oxygens (including phenoxy) is 1. The van der Waals surface area contributed by atoms with E-state index in [0.29, 0.717) is 0 Å². The molecule has 0 spiro atoms. The second-order valence-corrected chi connectivity index (χ2v) is 5.65. The van der Waals surface area contributed by atoms with E-state index < -0.39 is 0 Å². The first-order valence-corrected chi connectivity index (χ1v) is 7.46. The van der Waals surface area contributed by atoms with Crippen LogP contribution >= 0.6 is 15.9 Å². The van der Waals surface area contributed by atoms with Gasteiger partial charge in [0.05, 0.1) is 17.3 Å². The Kier molecular flexibility index (Phi) is 4.83. The second-order valence-electron chi connectivity index (χ2n) is 4.80. The molecule has 0 aliphatic heterocycles. The Bertz CT molecular complexity index is 595. The first-order valence-electron chi connectivity index (χ1n) is 6.67. The summed E-state index contributed by atoms with van der Waals surface area (Å²) in [6.45, 7) is 4.96. The third-order valence-corrected chi connectivity index (χ3v) is 3.94. The summed E-state index contributed by atoms with van der Waals surface area (Å²) in [4.78, 5) is 0. The lowest BCUT2D eigenvalue weighted by molar-refractivity contribution is 0.412. The number of methoxy groups -OCH3 is 1. The molecule has 1 unspecified atom stereocenters. The highest BCUT2D eigenvalue weighted by atomic mass is 79.9. The third kappa shape index (κ3) is 3.22. The van der Waals surface area contributed by atoms with Crippen molar-refractivity contribution in [2.24, 2.45) is 5.73 Å². The molecule has 0 amide bonds. The van der Waals surface area contributed by atoms with Gasteiger partial charge >= 0.3 is 0 Å². The largest absolute Gasteiger partial charge is 0.496 e.